The fraction of sp³-hybridized carbons (Fsp3) is 0.286. The maximum atomic E-state index is 12.8. The van der Waals surface area contributed by atoms with Crippen molar-refractivity contribution in [3.05, 3.63) is 59.2 Å². The van der Waals surface area contributed by atoms with Crippen molar-refractivity contribution in [2.24, 2.45) is 5.92 Å². The van der Waals surface area contributed by atoms with Gasteiger partial charge in [-0.3, -0.25) is 4.79 Å². The minimum absolute atomic E-state index is 0.0469. The van der Waals surface area contributed by atoms with Crippen LogP contribution < -0.4 is 5.32 Å². The van der Waals surface area contributed by atoms with E-state index >= 15 is 0 Å². The number of benzene rings is 2. The fourth-order valence-corrected chi connectivity index (χ4v) is 4.72. The van der Waals surface area contributed by atoms with Gasteiger partial charge in [-0.1, -0.05) is 6.92 Å². The number of carboxylic acids is 1. The first-order valence-electron chi connectivity index (χ1n) is 9.41. The molecule has 1 amide bonds. The van der Waals surface area contributed by atoms with Crippen LogP contribution in [0.1, 0.15) is 46.0 Å². The third-order valence-electron chi connectivity index (χ3n) is 5.12. The quantitative estimate of drug-likeness (QED) is 0.755. The van der Waals surface area contributed by atoms with Crippen molar-refractivity contribution in [2.75, 3.05) is 18.4 Å². The van der Waals surface area contributed by atoms with Crippen LogP contribution in [0.4, 0.5) is 5.69 Å². The Morgan fingerprint density at radius 3 is 2.33 bits per heavy atom. The van der Waals surface area contributed by atoms with Gasteiger partial charge in [-0.15, -0.1) is 0 Å². The lowest BCUT2D eigenvalue weighted by atomic mass is 10.0. The number of hydrogen-bond acceptors (Lipinski definition) is 5. The standard InChI is InChI=1S/C21H21N3O5S/c1-14-8-10-24(11-9-14)30(28,29)17-5-3-16(4-6-17)20(25)23-19-7-2-15(13-22)12-18(19)21(26)27/h2-7,12,14H,8-11H2,1H3,(H,23,25)(H,26,27). The van der Waals surface area contributed by atoms with Gasteiger partial charge in [-0.25, -0.2) is 13.2 Å². The third-order valence-corrected chi connectivity index (χ3v) is 7.04. The number of nitriles is 1. The number of anilines is 1. The van der Waals surface area contributed by atoms with Crippen molar-refractivity contribution in [3.63, 3.8) is 0 Å². The molecule has 3 rings (SSSR count). The number of hydrogen-bond donors (Lipinski definition) is 2. The molecule has 0 aromatic heterocycles. The van der Waals surface area contributed by atoms with Crippen molar-refractivity contribution in [2.45, 2.75) is 24.7 Å². The summed E-state index contributed by atoms with van der Waals surface area (Å²) >= 11 is 0. The predicted molar refractivity (Wildman–Crippen MR) is 110 cm³/mol. The van der Waals surface area contributed by atoms with E-state index in [0.717, 1.165) is 12.8 Å². The van der Waals surface area contributed by atoms with Crippen LogP contribution in [0.15, 0.2) is 47.4 Å². The zero-order valence-electron chi connectivity index (χ0n) is 16.3. The van der Waals surface area contributed by atoms with Gasteiger partial charge in [0.25, 0.3) is 5.91 Å². The van der Waals surface area contributed by atoms with E-state index in [1.807, 2.05) is 6.07 Å². The topological polar surface area (TPSA) is 128 Å². The average Bonchev–Trinajstić information content (AvgIpc) is 2.74. The Morgan fingerprint density at radius 1 is 1.13 bits per heavy atom. The highest BCUT2D eigenvalue weighted by atomic mass is 32.2. The first-order valence-corrected chi connectivity index (χ1v) is 10.9. The van der Waals surface area contributed by atoms with Gasteiger partial charge in [-0.05, 0) is 61.2 Å². The Balaban J connectivity index is 1.78. The lowest BCUT2D eigenvalue weighted by Gasteiger charge is -2.29. The van der Waals surface area contributed by atoms with E-state index in [2.05, 4.69) is 12.2 Å². The highest BCUT2D eigenvalue weighted by Crippen LogP contribution is 2.24. The molecule has 0 spiro atoms. The average molecular weight is 427 g/mol. The third kappa shape index (κ3) is 4.50. The summed E-state index contributed by atoms with van der Waals surface area (Å²) in [5.74, 6) is -1.36. The normalized spacial score (nSPS) is 15.3. The SMILES string of the molecule is CC1CCN(S(=O)(=O)c2ccc(C(=O)Nc3ccc(C#N)cc3C(=O)O)cc2)CC1. The second kappa shape index (κ2) is 8.65. The molecule has 0 atom stereocenters. The first-order chi connectivity index (χ1) is 14.2. The van der Waals surface area contributed by atoms with Gasteiger partial charge in [0, 0.05) is 18.7 Å². The summed E-state index contributed by atoms with van der Waals surface area (Å²) in [5, 5.41) is 20.7. The van der Waals surface area contributed by atoms with Gasteiger partial charge in [0.1, 0.15) is 0 Å². The van der Waals surface area contributed by atoms with Gasteiger partial charge in [0.2, 0.25) is 10.0 Å². The summed E-state index contributed by atoms with van der Waals surface area (Å²) in [6.45, 7) is 3.05. The molecule has 0 unspecified atom stereocenters. The van der Waals surface area contributed by atoms with Crippen molar-refractivity contribution >= 4 is 27.6 Å². The minimum atomic E-state index is -3.62. The van der Waals surface area contributed by atoms with Gasteiger partial charge >= 0.3 is 5.97 Å². The molecule has 0 bridgehead atoms. The van der Waals surface area contributed by atoms with Crippen LogP contribution >= 0.6 is 0 Å². The first kappa shape index (κ1) is 21.5. The molecule has 1 heterocycles. The summed E-state index contributed by atoms with van der Waals surface area (Å²) in [4.78, 5) is 24.0. The molecule has 30 heavy (non-hydrogen) atoms. The van der Waals surface area contributed by atoms with E-state index in [9.17, 15) is 23.1 Å². The number of aromatic carboxylic acids is 1. The molecule has 1 aliphatic heterocycles. The molecule has 156 valence electrons. The lowest BCUT2D eigenvalue weighted by Crippen LogP contribution is -2.37. The zero-order chi connectivity index (χ0) is 21.9. The van der Waals surface area contributed by atoms with E-state index in [4.69, 9.17) is 5.26 Å². The van der Waals surface area contributed by atoms with Crippen LogP contribution in [-0.4, -0.2) is 42.8 Å². The van der Waals surface area contributed by atoms with E-state index in [1.165, 1.54) is 46.8 Å². The number of nitrogens with zero attached hydrogens (tertiary/aromatic N) is 2. The van der Waals surface area contributed by atoms with Gasteiger partial charge < -0.3 is 10.4 Å². The maximum absolute atomic E-state index is 12.8. The molecule has 0 radical (unpaired) electrons. The minimum Gasteiger partial charge on any atom is -0.478 e. The molecular formula is C21H21N3O5S. The molecular weight excluding hydrogens is 406 g/mol. The number of carboxylic acid groups (broad SMARTS) is 1. The number of piperidine rings is 1. The Labute approximate surface area is 174 Å². The molecule has 2 aromatic rings. The summed E-state index contributed by atoms with van der Waals surface area (Å²) in [6.07, 6.45) is 1.63. The Hall–Kier alpha value is -3.22. The molecule has 0 aliphatic carbocycles. The monoisotopic (exact) mass is 427 g/mol. The zero-order valence-corrected chi connectivity index (χ0v) is 17.1. The van der Waals surface area contributed by atoms with E-state index in [-0.39, 0.29) is 27.3 Å². The maximum Gasteiger partial charge on any atom is 0.337 e. The molecule has 9 heteroatoms. The van der Waals surface area contributed by atoms with Gasteiger partial charge in [0.15, 0.2) is 0 Å². The second-order valence-corrected chi connectivity index (χ2v) is 9.18. The molecule has 0 saturated carbocycles. The molecule has 8 nitrogen and oxygen atoms in total. The molecule has 1 aliphatic rings. The largest absolute Gasteiger partial charge is 0.478 e. The lowest BCUT2D eigenvalue weighted by molar-refractivity contribution is 0.0698. The number of carbonyl (C=O) groups excluding carboxylic acids is 1. The Bertz CT molecular complexity index is 1110. The van der Waals surface area contributed by atoms with Crippen molar-refractivity contribution in [1.29, 1.82) is 5.26 Å². The van der Waals surface area contributed by atoms with Crippen molar-refractivity contribution < 1.29 is 23.1 Å². The number of nitrogens with one attached hydrogen (secondary N) is 1. The molecule has 1 fully saturated rings. The van der Waals surface area contributed by atoms with Crippen molar-refractivity contribution in [1.82, 2.24) is 4.31 Å². The number of amides is 1. The van der Waals surface area contributed by atoms with Crippen LogP contribution in [0.5, 0.6) is 0 Å². The van der Waals surface area contributed by atoms with Gasteiger partial charge in [0.05, 0.1) is 27.8 Å². The van der Waals surface area contributed by atoms with E-state index < -0.39 is 21.9 Å². The van der Waals surface area contributed by atoms with Crippen LogP contribution in [0.2, 0.25) is 0 Å². The Morgan fingerprint density at radius 2 is 1.77 bits per heavy atom. The van der Waals surface area contributed by atoms with Crippen LogP contribution in [0, 0.1) is 17.2 Å². The van der Waals surface area contributed by atoms with Gasteiger partial charge in [-0.2, -0.15) is 9.57 Å². The van der Waals surface area contributed by atoms with Crippen LogP contribution in [0.25, 0.3) is 0 Å². The summed E-state index contributed by atoms with van der Waals surface area (Å²) in [5.41, 5.74) is 0.181. The molecule has 1 saturated heterocycles. The molecule has 2 N–H and O–H groups in total. The van der Waals surface area contributed by atoms with Crippen LogP contribution in [0.3, 0.4) is 0 Å². The smallest absolute Gasteiger partial charge is 0.337 e. The van der Waals surface area contributed by atoms with Crippen molar-refractivity contribution in [3.8, 4) is 6.07 Å². The highest BCUT2D eigenvalue weighted by molar-refractivity contribution is 7.89. The van der Waals surface area contributed by atoms with Crippen LogP contribution in [-0.2, 0) is 10.0 Å². The number of sulfonamides is 1. The highest BCUT2D eigenvalue weighted by Gasteiger charge is 2.28. The summed E-state index contributed by atoms with van der Waals surface area (Å²) < 4.78 is 27.0. The van der Waals surface area contributed by atoms with E-state index in [0.29, 0.717) is 19.0 Å². The van der Waals surface area contributed by atoms with E-state index in [1.54, 1.807) is 0 Å². The summed E-state index contributed by atoms with van der Waals surface area (Å²) in [6, 6.07) is 11.3. The Kier molecular flexibility index (Phi) is 6.20. The number of carbonyl (C=O) groups is 2. The number of rotatable bonds is 5. The molecule has 2 aromatic carbocycles. The second-order valence-electron chi connectivity index (χ2n) is 7.24. The fourth-order valence-electron chi connectivity index (χ4n) is 3.25. The predicted octanol–water partition coefficient (Wildman–Crippen LogP) is 2.93. The summed E-state index contributed by atoms with van der Waals surface area (Å²) in [7, 11) is -3.62.